The lowest BCUT2D eigenvalue weighted by Gasteiger charge is -2.16. The molecule has 0 radical (unpaired) electrons. The Balaban J connectivity index is 1.63. The van der Waals surface area contributed by atoms with Crippen molar-refractivity contribution in [2.75, 3.05) is 18.4 Å². The van der Waals surface area contributed by atoms with Gasteiger partial charge in [-0.05, 0) is 26.0 Å². The second-order valence-electron chi connectivity index (χ2n) is 6.77. The summed E-state index contributed by atoms with van der Waals surface area (Å²) in [5, 5.41) is 5.05. The van der Waals surface area contributed by atoms with E-state index in [2.05, 4.69) is 28.4 Å². The summed E-state index contributed by atoms with van der Waals surface area (Å²) >= 11 is 1.58. The van der Waals surface area contributed by atoms with Crippen LogP contribution in [-0.2, 0) is 11.3 Å². The Hall–Kier alpha value is -2.87. The van der Waals surface area contributed by atoms with Crippen molar-refractivity contribution in [2.45, 2.75) is 32.9 Å². The molecule has 28 heavy (non-hydrogen) atoms. The summed E-state index contributed by atoms with van der Waals surface area (Å²) in [5.41, 5.74) is 1.06. The van der Waals surface area contributed by atoms with Crippen LogP contribution in [0.1, 0.15) is 18.2 Å². The molecule has 3 aromatic heterocycles. The van der Waals surface area contributed by atoms with E-state index in [0.29, 0.717) is 24.8 Å². The number of pyridine rings is 1. The van der Waals surface area contributed by atoms with Crippen LogP contribution in [-0.4, -0.2) is 44.5 Å². The first kappa shape index (κ1) is 18.5. The molecule has 146 valence electrons. The van der Waals surface area contributed by atoms with Gasteiger partial charge in [0.1, 0.15) is 11.9 Å². The Kier molecular flexibility index (Phi) is 5.04. The first-order valence-corrected chi connectivity index (χ1v) is 10.2. The van der Waals surface area contributed by atoms with Crippen LogP contribution < -0.4 is 10.1 Å². The van der Waals surface area contributed by atoms with Gasteiger partial charge in [0.05, 0.1) is 17.4 Å². The lowest BCUT2D eigenvalue weighted by atomic mass is 10.3. The first-order chi connectivity index (χ1) is 13.6. The van der Waals surface area contributed by atoms with E-state index < -0.39 is 0 Å². The number of carbonyl (C=O) groups is 1. The van der Waals surface area contributed by atoms with Crippen LogP contribution in [0.2, 0.25) is 0 Å². The van der Waals surface area contributed by atoms with E-state index >= 15 is 0 Å². The zero-order valence-corrected chi connectivity index (χ0v) is 16.8. The van der Waals surface area contributed by atoms with Crippen molar-refractivity contribution in [2.24, 2.45) is 0 Å². The van der Waals surface area contributed by atoms with Crippen LogP contribution in [0.15, 0.2) is 37.2 Å². The number of nitrogens with one attached hydrogen (secondary N) is 1. The van der Waals surface area contributed by atoms with Crippen LogP contribution in [0.5, 0.6) is 5.88 Å². The Bertz CT molecular complexity index is 1020. The van der Waals surface area contributed by atoms with Crippen molar-refractivity contribution < 1.29 is 9.53 Å². The minimum absolute atomic E-state index is 0.0594. The third-order valence-electron chi connectivity index (χ3n) is 4.84. The summed E-state index contributed by atoms with van der Waals surface area (Å²) in [6, 6.07) is 4.05. The third-order valence-corrected chi connectivity index (χ3v) is 5.67. The quantitative estimate of drug-likeness (QED) is 0.642. The number of aromatic nitrogens is 3. The second-order valence-corrected chi connectivity index (χ2v) is 8.00. The van der Waals surface area contributed by atoms with Gasteiger partial charge in [-0.1, -0.05) is 6.58 Å². The Labute approximate surface area is 167 Å². The molecule has 0 aliphatic carbocycles. The van der Waals surface area contributed by atoms with Gasteiger partial charge in [0, 0.05) is 42.8 Å². The maximum Gasteiger partial charge on any atom is 0.246 e. The molecule has 1 aliphatic rings. The molecule has 1 atom stereocenters. The number of fused-ring (bicyclic) bond motifs is 1. The summed E-state index contributed by atoms with van der Waals surface area (Å²) < 4.78 is 8.40. The fourth-order valence-electron chi connectivity index (χ4n) is 3.42. The standard InChI is InChI=1S/C20H23N5O2S/c1-4-18(26)25-8-6-14(12-25)27-19-15-7-9-24(5-2)16(15)10-17(22-19)23-20-21-11-13(3)28-20/h4,7,9-11,14H,1,5-6,8,12H2,2-3H3,(H,21,22,23). The zero-order valence-electron chi connectivity index (χ0n) is 16.0. The highest BCUT2D eigenvalue weighted by Gasteiger charge is 2.27. The van der Waals surface area contributed by atoms with Gasteiger partial charge in [-0.15, -0.1) is 11.3 Å². The fourth-order valence-corrected chi connectivity index (χ4v) is 4.09. The first-order valence-electron chi connectivity index (χ1n) is 9.34. The third kappa shape index (κ3) is 3.60. The van der Waals surface area contributed by atoms with Crippen molar-refractivity contribution in [3.63, 3.8) is 0 Å². The maximum absolute atomic E-state index is 11.8. The molecule has 8 heteroatoms. The zero-order chi connectivity index (χ0) is 19.7. The average Bonchev–Trinajstić information content (AvgIpc) is 3.41. The number of nitrogens with zero attached hydrogens (tertiary/aromatic N) is 4. The van der Waals surface area contributed by atoms with E-state index in [9.17, 15) is 4.79 Å². The Morgan fingerprint density at radius 3 is 3.11 bits per heavy atom. The molecule has 1 amide bonds. The van der Waals surface area contributed by atoms with Crippen LogP contribution in [0.4, 0.5) is 10.9 Å². The minimum Gasteiger partial charge on any atom is -0.472 e. The number of rotatable bonds is 6. The van der Waals surface area contributed by atoms with Crippen molar-refractivity contribution in [1.29, 1.82) is 0 Å². The fraction of sp³-hybridized carbons (Fsp3) is 0.350. The second kappa shape index (κ2) is 7.63. The summed E-state index contributed by atoms with van der Waals surface area (Å²) in [5.74, 6) is 1.22. The van der Waals surface area contributed by atoms with Crippen molar-refractivity contribution in [1.82, 2.24) is 19.4 Å². The highest BCUT2D eigenvalue weighted by Crippen LogP contribution is 2.31. The summed E-state index contributed by atoms with van der Waals surface area (Å²) in [4.78, 5) is 23.8. The number of carbonyl (C=O) groups excluding carboxylic acids is 1. The van der Waals surface area contributed by atoms with Crippen molar-refractivity contribution in [3.05, 3.63) is 42.1 Å². The number of thiazole rings is 1. The Morgan fingerprint density at radius 2 is 2.39 bits per heavy atom. The largest absolute Gasteiger partial charge is 0.472 e. The molecule has 1 unspecified atom stereocenters. The number of ether oxygens (including phenoxy) is 1. The van der Waals surface area contributed by atoms with Crippen LogP contribution >= 0.6 is 11.3 Å². The molecule has 3 aromatic rings. The highest BCUT2D eigenvalue weighted by molar-refractivity contribution is 7.15. The molecule has 7 nitrogen and oxygen atoms in total. The van der Waals surface area contributed by atoms with E-state index in [4.69, 9.17) is 9.72 Å². The summed E-state index contributed by atoms with van der Waals surface area (Å²) in [6.45, 7) is 9.76. The molecule has 0 saturated carbocycles. The number of anilines is 2. The summed E-state index contributed by atoms with van der Waals surface area (Å²) in [6.07, 6.45) is 5.92. The van der Waals surface area contributed by atoms with Crippen LogP contribution in [0.25, 0.3) is 10.9 Å². The van der Waals surface area contributed by atoms with Crippen LogP contribution in [0.3, 0.4) is 0 Å². The lowest BCUT2D eigenvalue weighted by molar-refractivity contribution is -0.125. The lowest BCUT2D eigenvalue weighted by Crippen LogP contribution is -2.29. The molecule has 0 spiro atoms. The van der Waals surface area contributed by atoms with Gasteiger partial charge in [-0.3, -0.25) is 4.79 Å². The highest BCUT2D eigenvalue weighted by atomic mass is 32.1. The molecular weight excluding hydrogens is 374 g/mol. The number of hydrogen-bond acceptors (Lipinski definition) is 6. The van der Waals surface area contributed by atoms with Gasteiger partial charge in [-0.25, -0.2) is 4.98 Å². The van der Waals surface area contributed by atoms with Gasteiger partial charge in [0.2, 0.25) is 11.8 Å². The number of hydrogen-bond donors (Lipinski definition) is 1. The molecule has 1 saturated heterocycles. The SMILES string of the molecule is C=CC(=O)N1CCC(Oc2nc(Nc3ncc(C)s3)cc3c2ccn3CC)C1. The van der Waals surface area contributed by atoms with E-state index in [1.807, 2.05) is 31.5 Å². The van der Waals surface area contributed by atoms with Crippen LogP contribution in [0, 0.1) is 6.92 Å². The van der Waals surface area contributed by atoms with Gasteiger partial charge < -0.3 is 19.5 Å². The molecule has 4 heterocycles. The van der Waals surface area contributed by atoms with E-state index in [-0.39, 0.29) is 12.0 Å². The van der Waals surface area contributed by atoms with Gasteiger partial charge >= 0.3 is 0 Å². The molecule has 0 aromatic carbocycles. The predicted octanol–water partition coefficient (Wildman–Crippen LogP) is 3.73. The minimum atomic E-state index is -0.0815. The topological polar surface area (TPSA) is 72.3 Å². The van der Waals surface area contributed by atoms with E-state index in [1.54, 1.807) is 16.2 Å². The number of amides is 1. The monoisotopic (exact) mass is 397 g/mol. The van der Waals surface area contributed by atoms with Gasteiger partial charge in [0.15, 0.2) is 5.13 Å². The smallest absolute Gasteiger partial charge is 0.246 e. The number of likely N-dealkylation sites (tertiary alicyclic amines) is 1. The molecule has 1 aliphatic heterocycles. The molecular formula is C20H23N5O2S. The van der Waals surface area contributed by atoms with Crippen molar-refractivity contribution >= 4 is 39.1 Å². The predicted molar refractivity (Wildman–Crippen MR) is 111 cm³/mol. The average molecular weight is 398 g/mol. The normalized spacial score (nSPS) is 16.5. The maximum atomic E-state index is 11.8. The van der Waals surface area contributed by atoms with Gasteiger partial charge in [-0.2, -0.15) is 4.98 Å². The van der Waals surface area contributed by atoms with Crippen molar-refractivity contribution in [3.8, 4) is 5.88 Å². The molecule has 4 rings (SSSR count). The van der Waals surface area contributed by atoms with E-state index in [1.165, 1.54) is 6.08 Å². The summed E-state index contributed by atoms with van der Waals surface area (Å²) in [7, 11) is 0. The number of aryl methyl sites for hydroxylation is 2. The molecule has 0 bridgehead atoms. The van der Waals surface area contributed by atoms with E-state index in [0.717, 1.165) is 33.9 Å². The Morgan fingerprint density at radius 1 is 1.54 bits per heavy atom. The van der Waals surface area contributed by atoms with Gasteiger partial charge in [0.25, 0.3) is 0 Å². The molecule has 1 fully saturated rings. The molecule has 1 N–H and O–H groups in total.